The summed E-state index contributed by atoms with van der Waals surface area (Å²) in [6.07, 6.45) is 2.05. The normalized spacial score (nSPS) is 10.4. The third kappa shape index (κ3) is 3.17. The Labute approximate surface area is 132 Å². The van der Waals surface area contributed by atoms with Crippen LogP contribution in [0.5, 0.6) is 5.75 Å². The Kier molecular flexibility index (Phi) is 4.75. The third-order valence-electron chi connectivity index (χ3n) is 3.24. The van der Waals surface area contributed by atoms with E-state index in [1.165, 1.54) is 0 Å². The lowest BCUT2D eigenvalue weighted by molar-refractivity contribution is 0.0991. The molecule has 0 aliphatic rings. The summed E-state index contributed by atoms with van der Waals surface area (Å²) in [4.78, 5) is 16.6. The van der Waals surface area contributed by atoms with Crippen molar-refractivity contribution in [2.75, 3.05) is 7.11 Å². The average Bonchev–Trinajstić information content (AvgIpc) is 2.43. The molecule has 1 aromatic carbocycles. The quantitative estimate of drug-likeness (QED) is 0.599. The molecular weight excluding hydrogens is 365 g/mol. The van der Waals surface area contributed by atoms with Crippen LogP contribution in [0, 0.1) is 17.4 Å². The molecule has 0 spiro atoms. The van der Waals surface area contributed by atoms with E-state index in [1.54, 1.807) is 13.3 Å². The molecule has 0 atom stereocenters. The maximum atomic E-state index is 12.3. The van der Waals surface area contributed by atoms with E-state index in [9.17, 15) is 4.79 Å². The summed E-state index contributed by atoms with van der Waals surface area (Å²) in [6, 6.07) is 7.57. The van der Waals surface area contributed by atoms with Crippen molar-refractivity contribution in [1.82, 2.24) is 4.98 Å². The van der Waals surface area contributed by atoms with Crippen LogP contribution in [0.2, 0.25) is 0 Å². The Morgan fingerprint density at radius 1 is 1.25 bits per heavy atom. The van der Waals surface area contributed by atoms with Crippen LogP contribution >= 0.6 is 22.6 Å². The maximum absolute atomic E-state index is 12.3. The van der Waals surface area contributed by atoms with Crippen molar-refractivity contribution in [3.8, 4) is 5.75 Å². The highest BCUT2D eigenvalue weighted by atomic mass is 127. The predicted octanol–water partition coefficient (Wildman–Crippen LogP) is 3.74. The van der Waals surface area contributed by atoms with Crippen LogP contribution in [-0.2, 0) is 6.42 Å². The Morgan fingerprint density at radius 2 is 1.90 bits per heavy atom. The lowest BCUT2D eigenvalue weighted by atomic mass is 10.0. The van der Waals surface area contributed by atoms with Crippen LogP contribution in [0.3, 0.4) is 0 Å². The molecule has 0 aliphatic heterocycles. The molecule has 0 amide bonds. The molecule has 0 fully saturated rings. The Balaban J connectivity index is 2.26. The molecule has 104 valence electrons. The lowest BCUT2D eigenvalue weighted by Crippen LogP contribution is -2.08. The number of pyridine rings is 1. The number of halogens is 1. The lowest BCUT2D eigenvalue weighted by Gasteiger charge is -2.11. The van der Waals surface area contributed by atoms with Crippen LogP contribution in [0.25, 0.3) is 0 Å². The highest BCUT2D eigenvalue weighted by Gasteiger charge is 2.14. The summed E-state index contributed by atoms with van der Waals surface area (Å²) < 4.78 is 6.48. The largest absolute Gasteiger partial charge is 0.496 e. The van der Waals surface area contributed by atoms with E-state index in [-0.39, 0.29) is 5.78 Å². The molecule has 4 heteroatoms. The molecule has 0 saturated heterocycles. The van der Waals surface area contributed by atoms with Crippen molar-refractivity contribution in [1.29, 1.82) is 0 Å². The van der Waals surface area contributed by atoms with E-state index >= 15 is 0 Å². The summed E-state index contributed by atoms with van der Waals surface area (Å²) in [5.74, 6) is 0.883. The summed E-state index contributed by atoms with van der Waals surface area (Å²) in [6.45, 7) is 3.89. The Hall–Kier alpha value is -1.43. The number of carbonyl (C=O) groups is 1. The Bertz CT molecular complexity index is 636. The molecule has 1 aromatic heterocycles. The van der Waals surface area contributed by atoms with Gasteiger partial charge in [0.05, 0.1) is 19.2 Å². The van der Waals surface area contributed by atoms with Crippen molar-refractivity contribution in [3.63, 3.8) is 0 Å². The second kappa shape index (κ2) is 6.35. The van der Waals surface area contributed by atoms with Gasteiger partial charge in [-0.05, 0) is 48.6 Å². The highest BCUT2D eigenvalue weighted by molar-refractivity contribution is 14.1. The van der Waals surface area contributed by atoms with Gasteiger partial charge in [-0.1, -0.05) is 12.1 Å². The first kappa shape index (κ1) is 15.0. The molecule has 0 unspecified atom stereocenters. The van der Waals surface area contributed by atoms with Gasteiger partial charge in [0.15, 0.2) is 5.78 Å². The zero-order chi connectivity index (χ0) is 14.7. The van der Waals surface area contributed by atoms with E-state index in [1.807, 2.05) is 38.1 Å². The van der Waals surface area contributed by atoms with Gasteiger partial charge >= 0.3 is 0 Å². The van der Waals surface area contributed by atoms with Gasteiger partial charge in [-0.15, -0.1) is 0 Å². The number of nitrogens with zero attached hydrogens (tertiary/aromatic N) is 1. The SMILES string of the molecule is COc1c(C)cnc(CC(=O)c2ccc(I)cc2)c1C. The molecule has 0 radical (unpaired) electrons. The molecule has 0 bridgehead atoms. The predicted molar refractivity (Wildman–Crippen MR) is 87.5 cm³/mol. The molecule has 2 aromatic rings. The average molecular weight is 381 g/mol. The molecule has 1 heterocycles. The van der Waals surface area contributed by atoms with Crippen molar-refractivity contribution < 1.29 is 9.53 Å². The van der Waals surface area contributed by atoms with Gasteiger partial charge in [-0.3, -0.25) is 9.78 Å². The van der Waals surface area contributed by atoms with E-state index < -0.39 is 0 Å². The minimum absolute atomic E-state index is 0.0721. The maximum Gasteiger partial charge on any atom is 0.168 e. The van der Waals surface area contributed by atoms with E-state index in [2.05, 4.69) is 27.6 Å². The molecular formula is C16H16INO2. The first-order valence-electron chi connectivity index (χ1n) is 6.30. The Morgan fingerprint density at radius 3 is 2.50 bits per heavy atom. The van der Waals surface area contributed by atoms with Crippen LogP contribution in [-0.4, -0.2) is 17.9 Å². The van der Waals surface area contributed by atoms with Crippen LogP contribution < -0.4 is 4.74 Å². The minimum atomic E-state index is 0.0721. The molecule has 2 rings (SSSR count). The fourth-order valence-electron chi connectivity index (χ4n) is 2.14. The summed E-state index contributed by atoms with van der Waals surface area (Å²) >= 11 is 2.22. The zero-order valence-corrected chi connectivity index (χ0v) is 13.9. The fourth-order valence-corrected chi connectivity index (χ4v) is 2.50. The van der Waals surface area contributed by atoms with Gasteiger partial charge < -0.3 is 4.74 Å². The number of hydrogen-bond donors (Lipinski definition) is 0. The van der Waals surface area contributed by atoms with Crippen LogP contribution in [0.1, 0.15) is 27.2 Å². The van der Waals surface area contributed by atoms with E-state index in [0.717, 1.165) is 26.1 Å². The van der Waals surface area contributed by atoms with Gasteiger partial charge in [0.1, 0.15) is 5.75 Å². The zero-order valence-electron chi connectivity index (χ0n) is 11.7. The molecule has 0 saturated carbocycles. The molecule has 0 aliphatic carbocycles. The van der Waals surface area contributed by atoms with Crippen molar-refractivity contribution in [3.05, 3.63) is 56.4 Å². The van der Waals surface area contributed by atoms with Gasteiger partial charge in [0.2, 0.25) is 0 Å². The first-order chi connectivity index (χ1) is 9.52. The monoisotopic (exact) mass is 381 g/mol. The summed E-state index contributed by atoms with van der Waals surface area (Å²) in [5.41, 5.74) is 3.41. The summed E-state index contributed by atoms with van der Waals surface area (Å²) in [7, 11) is 1.64. The first-order valence-corrected chi connectivity index (χ1v) is 7.38. The van der Waals surface area contributed by atoms with Gasteiger partial charge in [0, 0.05) is 26.5 Å². The highest BCUT2D eigenvalue weighted by Crippen LogP contribution is 2.24. The molecule has 3 nitrogen and oxygen atoms in total. The number of ether oxygens (including phenoxy) is 1. The smallest absolute Gasteiger partial charge is 0.168 e. The summed E-state index contributed by atoms with van der Waals surface area (Å²) in [5, 5.41) is 0. The molecule has 20 heavy (non-hydrogen) atoms. The second-order valence-corrected chi connectivity index (χ2v) is 5.90. The van der Waals surface area contributed by atoms with E-state index in [0.29, 0.717) is 12.0 Å². The number of methoxy groups -OCH3 is 1. The number of aromatic nitrogens is 1. The second-order valence-electron chi connectivity index (χ2n) is 4.65. The fraction of sp³-hybridized carbons (Fsp3) is 0.250. The van der Waals surface area contributed by atoms with Crippen molar-refractivity contribution in [2.45, 2.75) is 20.3 Å². The van der Waals surface area contributed by atoms with Crippen LogP contribution in [0.4, 0.5) is 0 Å². The van der Waals surface area contributed by atoms with Gasteiger partial charge in [-0.2, -0.15) is 0 Å². The number of carbonyl (C=O) groups excluding carboxylic acids is 1. The number of hydrogen-bond acceptors (Lipinski definition) is 3. The van der Waals surface area contributed by atoms with Crippen LogP contribution in [0.15, 0.2) is 30.5 Å². The third-order valence-corrected chi connectivity index (χ3v) is 3.96. The van der Waals surface area contributed by atoms with E-state index in [4.69, 9.17) is 4.74 Å². The molecule has 0 N–H and O–H groups in total. The number of Topliss-reactive ketones (excluding diaryl/α,β-unsaturated/α-hetero) is 1. The standard InChI is InChI=1S/C16H16INO2/c1-10-9-18-14(11(2)16(10)20-3)8-15(19)12-4-6-13(17)7-5-12/h4-7,9H,8H2,1-3H3. The van der Waals surface area contributed by atoms with Crippen molar-refractivity contribution in [2.24, 2.45) is 0 Å². The number of aryl methyl sites for hydroxylation is 1. The van der Waals surface area contributed by atoms with Gasteiger partial charge in [0.25, 0.3) is 0 Å². The number of benzene rings is 1. The van der Waals surface area contributed by atoms with Gasteiger partial charge in [-0.25, -0.2) is 0 Å². The number of rotatable bonds is 4. The minimum Gasteiger partial charge on any atom is -0.496 e. The topological polar surface area (TPSA) is 39.2 Å². The number of ketones is 1. The van der Waals surface area contributed by atoms with Crippen molar-refractivity contribution >= 4 is 28.4 Å².